The van der Waals surface area contributed by atoms with E-state index in [1.54, 1.807) is 12.1 Å². The third-order valence-corrected chi connectivity index (χ3v) is 7.69. The molecule has 2 aliphatic heterocycles. The number of rotatable bonds is 3. The van der Waals surface area contributed by atoms with Crippen molar-refractivity contribution in [3.63, 3.8) is 0 Å². The van der Waals surface area contributed by atoms with Crippen LogP contribution < -0.4 is 0 Å². The van der Waals surface area contributed by atoms with Gasteiger partial charge in [0.25, 0.3) is 11.8 Å². The number of benzene rings is 1. The molecule has 2 fully saturated rings. The van der Waals surface area contributed by atoms with Crippen LogP contribution in [0.5, 0.6) is 0 Å². The summed E-state index contributed by atoms with van der Waals surface area (Å²) in [6.45, 7) is -0.265. The zero-order valence-corrected chi connectivity index (χ0v) is 14.1. The van der Waals surface area contributed by atoms with Crippen molar-refractivity contribution in [1.82, 2.24) is 9.37 Å². The fraction of sp³-hybridized carbons (Fsp3) is 0.438. The second kappa shape index (κ2) is 5.37. The molecule has 4 rings (SSSR count). The van der Waals surface area contributed by atoms with E-state index in [0.717, 1.165) is 4.31 Å². The monoisotopic (exact) mass is 364 g/mol. The Labute approximate surface area is 144 Å². The van der Waals surface area contributed by atoms with Gasteiger partial charge in [0, 0.05) is 6.54 Å². The predicted octanol–water partition coefficient (Wildman–Crippen LogP) is 0.699. The van der Waals surface area contributed by atoms with E-state index in [-0.39, 0.29) is 17.7 Å². The first-order valence-corrected chi connectivity index (χ1v) is 9.48. The highest BCUT2D eigenvalue weighted by Crippen LogP contribution is 2.50. The van der Waals surface area contributed by atoms with Gasteiger partial charge in [-0.3, -0.25) is 9.59 Å². The highest BCUT2D eigenvalue weighted by Gasteiger charge is 2.58. The molecule has 1 saturated carbocycles. The predicted molar refractivity (Wildman–Crippen MR) is 84.7 cm³/mol. The smallest absolute Gasteiger partial charge is 0.328 e. The highest BCUT2D eigenvalue weighted by molar-refractivity contribution is 7.90. The molecule has 2 amide bonds. The van der Waals surface area contributed by atoms with E-state index in [9.17, 15) is 22.8 Å². The number of hydrogen-bond acceptors (Lipinski definition) is 6. The van der Waals surface area contributed by atoms with Gasteiger partial charge in [0.2, 0.25) is 10.0 Å². The number of fused-ring (bicyclic) bond motifs is 1. The van der Waals surface area contributed by atoms with Crippen molar-refractivity contribution in [2.75, 3.05) is 13.1 Å². The molecule has 0 N–H and O–H groups in total. The van der Waals surface area contributed by atoms with Gasteiger partial charge in [0.15, 0.2) is 0 Å². The summed E-state index contributed by atoms with van der Waals surface area (Å²) in [6, 6.07) is 6.14. The second-order valence-corrected chi connectivity index (χ2v) is 8.87. The Kier molecular flexibility index (Phi) is 3.48. The van der Waals surface area contributed by atoms with Crippen molar-refractivity contribution in [3.8, 4) is 0 Å². The lowest BCUT2D eigenvalue weighted by atomic mass is 10.1. The Bertz CT molecular complexity index is 855. The van der Waals surface area contributed by atoms with Gasteiger partial charge in [-0.2, -0.15) is 4.31 Å². The van der Waals surface area contributed by atoms with Crippen LogP contribution in [0.4, 0.5) is 0 Å². The zero-order valence-electron chi connectivity index (χ0n) is 13.3. The fourth-order valence-corrected chi connectivity index (χ4v) is 5.65. The van der Waals surface area contributed by atoms with Crippen LogP contribution in [0.15, 0.2) is 24.3 Å². The van der Waals surface area contributed by atoms with Crippen LogP contribution in [-0.2, 0) is 19.7 Å². The highest BCUT2D eigenvalue weighted by atomic mass is 32.2. The molecule has 9 heteroatoms. The number of carbonyl (C=O) groups excluding carboxylic acids is 3. The van der Waals surface area contributed by atoms with Crippen molar-refractivity contribution >= 4 is 27.8 Å². The summed E-state index contributed by atoms with van der Waals surface area (Å²) in [5.41, 5.74) is 0.311. The Morgan fingerprint density at radius 2 is 1.68 bits per heavy atom. The van der Waals surface area contributed by atoms with E-state index in [4.69, 9.17) is 4.84 Å². The minimum Gasteiger partial charge on any atom is -0.328 e. The zero-order chi connectivity index (χ0) is 17.8. The third kappa shape index (κ3) is 2.37. The van der Waals surface area contributed by atoms with Gasteiger partial charge in [-0.05, 0) is 37.8 Å². The van der Waals surface area contributed by atoms with Gasteiger partial charge in [0.1, 0.15) is 6.54 Å². The lowest BCUT2D eigenvalue weighted by molar-refractivity contribution is -0.168. The Morgan fingerprint density at radius 3 is 2.24 bits per heavy atom. The molecule has 132 valence electrons. The summed E-state index contributed by atoms with van der Waals surface area (Å²) in [4.78, 5) is 41.4. The average Bonchev–Trinajstić information content (AvgIpc) is 3.33. The SMILES string of the molecule is O=C(CN1CCCC2(CC2)S1(=O)=O)ON1C(=O)c2ccccc2C1=O. The van der Waals surface area contributed by atoms with Crippen LogP contribution in [0.25, 0.3) is 0 Å². The van der Waals surface area contributed by atoms with E-state index >= 15 is 0 Å². The molecule has 0 radical (unpaired) electrons. The van der Waals surface area contributed by atoms with Crippen LogP contribution in [0.2, 0.25) is 0 Å². The van der Waals surface area contributed by atoms with Crippen molar-refractivity contribution < 1.29 is 27.6 Å². The summed E-state index contributed by atoms with van der Waals surface area (Å²) in [6.07, 6.45) is 2.51. The van der Waals surface area contributed by atoms with Crippen molar-refractivity contribution in [3.05, 3.63) is 35.4 Å². The van der Waals surface area contributed by atoms with Crippen molar-refractivity contribution in [2.24, 2.45) is 0 Å². The second-order valence-electron chi connectivity index (χ2n) is 6.54. The normalized spacial score (nSPS) is 23.6. The van der Waals surface area contributed by atoms with Crippen molar-refractivity contribution in [2.45, 2.75) is 30.4 Å². The Morgan fingerprint density at radius 1 is 1.08 bits per heavy atom. The first-order valence-electron chi connectivity index (χ1n) is 8.04. The Hall–Kier alpha value is -2.26. The molecule has 1 aromatic rings. The number of amides is 2. The molecule has 8 nitrogen and oxygen atoms in total. The molecule has 1 saturated heterocycles. The molecule has 0 aromatic heterocycles. The number of imide groups is 1. The topological polar surface area (TPSA) is 101 Å². The lowest BCUT2D eigenvalue weighted by Crippen LogP contribution is -2.48. The van der Waals surface area contributed by atoms with E-state index in [2.05, 4.69) is 0 Å². The summed E-state index contributed by atoms with van der Waals surface area (Å²) < 4.78 is 25.5. The van der Waals surface area contributed by atoms with E-state index in [1.165, 1.54) is 12.1 Å². The maximum absolute atomic E-state index is 12.5. The molecule has 25 heavy (non-hydrogen) atoms. The summed E-state index contributed by atoms with van der Waals surface area (Å²) >= 11 is 0. The molecule has 0 atom stereocenters. The van der Waals surface area contributed by atoms with Crippen LogP contribution in [0, 0.1) is 0 Å². The lowest BCUT2D eigenvalue weighted by Gasteiger charge is -2.31. The maximum atomic E-state index is 12.5. The summed E-state index contributed by atoms with van der Waals surface area (Å²) in [5, 5.41) is 0.399. The van der Waals surface area contributed by atoms with E-state index < -0.39 is 39.1 Å². The van der Waals surface area contributed by atoms with Crippen LogP contribution in [0.3, 0.4) is 0 Å². The minimum atomic E-state index is -3.56. The molecule has 1 aromatic carbocycles. The van der Waals surface area contributed by atoms with Crippen molar-refractivity contribution in [1.29, 1.82) is 0 Å². The number of hydroxylamine groups is 2. The van der Waals surface area contributed by atoms with E-state index in [0.29, 0.717) is 30.7 Å². The van der Waals surface area contributed by atoms with E-state index in [1.807, 2.05) is 0 Å². The molecular weight excluding hydrogens is 348 g/mol. The summed E-state index contributed by atoms with van der Waals surface area (Å²) in [7, 11) is -3.56. The quantitative estimate of drug-likeness (QED) is 0.732. The number of sulfonamides is 1. The molecular formula is C16H16N2O6S. The van der Waals surface area contributed by atoms with Crippen LogP contribution >= 0.6 is 0 Å². The molecule has 1 aliphatic carbocycles. The van der Waals surface area contributed by atoms with Gasteiger partial charge in [0.05, 0.1) is 15.9 Å². The molecule has 3 aliphatic rings. The molecule has 2 heterocycles. The number of hydrogen-bond donors (Lipinski definition) is 0. The molecule has 0 unspecified atom stereocenters. The molecule has 0 bridgehead atoms. The van der Waals surface area contributed by atoms with Gasteiger partial charge in [-0.1, -0.05) is 17.2 Å². The van der Waals surface area contributed by atoms with Crippen LogP contribution in [0.1, 0.15) is 46.4 Å². The first kappa shape index (κ1) is 16.2. The largest absolute Gasteiger partial charge is 0.348 e. The number of nitrogens with zero attached hydrogens (tertiary/aromatic N) is 2. The summed E-state index contributed by atoms with van der Waals surface area (Å²) in [5.74, 6) is -2.40. The molecule has 1 spiro atoms. The first-order chi connectivity index (χ1) is 11.9. The standard InChI is InChI=1S/C16H16N2O6S/c19-13(10-17-9-3-6-16(7-8-16)25(17,22)23)24-18-14(20)11-4-1-2-5-12(11)15(18)21/h1-2,4-5H,3,6-10H2. The van der Waals surface area contributed by atoms with Gasteiger partial charge >= 0.3 is 5.97 Å². The fourth-order valence-electron chi connectivity index (χ4n) is 3.44. The van der Waals surface area contributed by atoms with Gasteiger partial charge < -0.3 is 4.84 Å². The van der Waals surface area contributed by atoms with Gasteiger partial charge in [-0.15, -0.1) is 0 Å². The number of carbonyl (C=O) groups is 3. The van der Waals surface area contributed by atoms with Gasteiger partial charge in [-0.25, -0.2) is 13.2 Å². The maximum Gasteiger partial charge on any atom is 0.348 e. The minimum absolute atomic E-state index is 0.155. The third-order valence-electron chi connectivity index (χ3n) is 4.99. The average molecular weight is 364 g/mol. The Balaban J connectivity index is 1.47. The van der Waals surface area contributed by atoms with Crippen LogP contribution in [-0.4, -0.2) is 53.4 Å².